The van der Waals surface area contributed by atoms with Crippen molar-refractivity contribution in [2.24, 2.45) is 0 Å². The third-order valence-corrected chi connectivity index (χ3v) is 1.37. The van der Waals surface area contributed by atoms with Crippen LogP contribution in [0.1, 0.15) is 25.7 Å². The molecule has 0 fully saturated rings. The molecule has 0 atom stereocenters. The summed E-state index contributed by atoms with van der Waals surface area (Å²) in [4.78, 5) is 8.98. The van der Waals surface area contributed by atoms with Gasteiger partial charge in [-0.2, -0.15) is 0 Å². The molecule has 0 amide bonds. The summed E-state index contributed by atoms with van der Waals surface area (Å²) < 4.78 is -0.889. The van der Waals surface area contributed by atoms with Crippen molar-refractivity contribution in [3.05, 3.63) is 24.3 Å². The Labute approximate surface area is 99.4 Å². The minimum atomic E-state index is -0.889. The van der Waals surface area contributed by atoms with Crippen LogP contribution >= 0.6 is 23.2 Å². The van der Waals surface area contributed by atoms with E-state index in [-0.39, 0.29) is 16.8 Å². The van der Waals surface area contributed by atoms with Crippen LogP contribution in [0.5, 0.6) is 0 Å². The molecule has 1 nitrogen and oxygen atoms in total. The van der Waals surface area contributed by atoms with Gasteiger partial charge in [-0.05, 0) is 48.9 Å². The van der Waals surface area contributed by atoms with E-state index in [1.54, 1.807) is 0 Å². The summed E-state index contributed by atoms with van der Waals surface area (Å²) in [5.41, 5.74) is 0. The smallest absolute Gasteiger partial charge is 0.262 e. The maximum Gasteiger partial charge on any atom is 0.313 e. The zero-order valence-corrected chi connectivity index (χ0v) is 9.69. The summed E-state index contributed by atoms with van der Waals surface area (Å²) in [6, 6.07) is 0. The van der Waals surface area contributed by atoms with Crippen LogP contribution in [0.15, 0.2) is 24.3 Å². The number of carbonyl (C=O) groups is 1. The van der Waals surface area contributed by atoms with Gasteiger partial charge in [-0.3, -0.25) is 4.79 Å². The maximum atomic E-state index is 8.98. The summed E-state index contributed by atoms with van der Waals surface area (Å²) in [5, 5.41) is 0. The van der Waals surface area contributed by atoms with E-state index in [2.05, 4.69) is 47.5 Å². The average molecular weight is 266 g/mol. The summed E-state index contributed by atoms with van der Waals surface area (Å²) >= 11 is 8.80. The van der Waals surface area contributed by atoms with Crippen LogP contribution < -0.4 is 0 Å². The molecule has 1 aliphatic carbocycles. The van der Waals surface area contributed by atoms with Gasteiger partial charge in [0.15, 0.2) is 0 Å². The van der Waals surface area contributed by atoms with E-state index in [0.29, 0.717) is 0 Å². The normalized spacial score (nSPS) is 19.2. The van der Waals surface area contributed by atoms with Crippen molar-refractivity contribution >= 4 is 27.9 Å². The van der Waals surface area contributed by atoms with E-state index in [9.17, 15) is 0 Å². The molecule has 0 heterocycles. The summed E-state index contributed by atoms with van der Waals surface area (Å²) in [5.74, 6) is 0. The quantitative estimate of drug-likeness (QED) is 0.599. The van der Waals surface area contributed by atoms with Crippen LogP contribution in [0.3, 0.4) is 0 Å². The molecule has 4 heteroatoms. The fourth-order valence-electron chi connectivity index (χ4n) is 0.874. The first-order valence-electron chi connectivity index (χ1n) is 3.90. The first-order valence-corrected chi connectivity index (χ1v) is 4.65. The minimum absolute atomic E-state index is 0. The largest absolute Gasteiger partial charge is 0.313 e. The first kappa shape index (κ1) is 15.7. The van der Waals surface area contributed by atoms with Gasteiger partial charge in [0.2, 0.25) is 0 Å². The van der Waals surface area contributed by atoms with Crippen molar-refractivity contribution in [3.8, 4) is 0 Å². The van der Waals surface area contributed by atoms with E-state index in [0.717, 1.165) is 0 Å². The number of hydrogen-bond acceptors (Lipinski definition) is 1. The Morgan fingerprint density at radius 1 is 1.00 bits per heavy atom. The Kier molecular flexibility index (Phi) is 14.8. The molecular weight excluding hydrogens is 254 g/mol. The number of halogens is 2. The number of hydrogen-bond donors (Lipinski definition) is 0. The molecule has 0 N–H and O–H groups in total. The fraction of sp³-hybridized carbons (Fsp3) is 0.444. The van der Waals surface area contributed by atoms with Gasteiger partial charge < -0.3 is 0 Å². The van der Waals surface area contributed by atoms with Crippen LogP contribution in [0.4, 0.5) is 4.79 Å². The zero-order chi connectivity index (χ0) is 9.23. The molecule has 0 aliphatic heterocycles. The van der Waals surface area contributed by atoms with Crippen LogP contribution in [0.2, 0.25) is 0 Å². The van der Waals surface area contributed by atoms with E-state index in [1.165, 1.54) is 25.7 Å². The maximum absolute atomic E-state index is 8.98. The predicted molar refractivity (Wildman–Crippen MR) is 53.9 cm³/mol. The molecule has 0 unspecified atom stereocenters. The number of rotatable bonds is 0. The Morgan fingerprint density at radius 3 is 1.62 bits per heavy atom. The molecule has 0 aromatic carbocycles. The average Bonchev–Trinajstić information content (AvgIpc) is 1.82. The number of allylic oxidation sites excluding steroid dienone is 4. The Balaban J connectivity index is 0. The second kappa shape index (κ2) is 12.2. The molecule has 0 aromatic heterocycles. The molecule has 13 heavy (non-hydrogen) atoms. The molecule has 0 saturated carbocycles. The van der Waals surface area contributed by atoms with Gasteiger partial charge in [0, 0.05) is 16.8 Å². The van der Waals surface area contributed by atoms with Crippen molar-refractivity contribution in [1.29, 1.82) is 0 Å². The monoisotopic (exact) mass is 265 g/mol. The van der Waals surface area contributed by atoms with Crippen LogP contribution in [0, 0.1) is 0 Å². The predicted octanol–water partition coefficient (Wildman–Crippen LogP) is 4.25. The van der Waals surface area contributed by atoms with Crippen LogP contribution in [-0.2, 0) is 16.8 Å². The van der Waals surface area contributed by atoms with Crippen molar-refractivity contribution in [2.45, 2.75) is 25.7 Å². The van der Waals surface area contributed by atoms with Gasteiger partial charge >= 0.3 is 4.70 Å². The van der Waals surface area contributed by atoms with Crippen molar-refractivity contribution in [3.63, 3.8) is 0 Å². The third-order valence-electron chi connectivity index (χ3n) is 1.37. The molecule has 0 spiro atoms. The van der Waals surface area contributed by atoms with Crippen LogP contribution in [0.25, 0.3) is 0 Å². The fourth-order valence-corrected chi connectivity index (χ4v) is 0.874. The van der Waals surface area contributed by atoms with Gasteiger partial charge in [0.25, 0.3) is 0 Å². The first-order chi connectivity index (χ1) is 5.73. The molecule has 1 radical (unpaired) electrons. The summed E-state index contributed by atoms with van der Waals surface area (Å²) in [7, 11) is 0. The van der Waals surface area contributed by atoms with Crippen molar-refractivity contribution < 1.29 is 21.6 Å². The van der Waals surface area contributed by atoms with Crippen molar-refractivity contribution in [2.75, 3.05) is 0 Å². The second-order valence-electron chi connectivity index (χ2n) is 2.37. The molecule has 1 aliphatic rings. The summed E-state index contributed by atoms with van der Waals surface area (Å²) in [6.07, 6.45) is 14.0. The Hall–Kier alpha value is 0.236. The van der Waals surface area contributed by atoms with E-state index in [4.69, 9.17) is 4.79 Å². The van der Waals surface area contributed by atoms with Gasteiger partial charge in [-0.25, -0.2) is 0 Å². The molecule has 0 bridgehead atoms. The minimum Gasteiger partial charge on any atom is -0.262 e. The zero-order valence-electron chi connectivity index (χ0n) is 7.14. The molecular formula is C9H12Cl2CoO. The van der Waals surface area contributed by atoms with Gasteiger partial charge in [0.1, 0.15) is 0 Å². The van der Waals surface area contributed by atoms with Gasteiger partial charge in [0.05, 0.1) is 0 Å². The van der Waals surface area contributed by atoms with Gasteiger partial charge in [-0.1, -0.05) is 24.3 Å². The van der Waals surface area contributed by atoms with Crippen LogP contribution in [-0.4, -0.2) is 4.70 Å². The molecule has 0 saturated heterocycles. The van der Waals surface area contributed by atoms with Gasteiger partial charge in [-0.15, -0.1) is 0 Å². The second-order valence-corrected chi connectivity index (χ2v) is 3.25. The SMILES string of the molecule is C1=C\CCCC\C=C/1.O=C(Cl)Cl.[Co]. The Morgan fingerprint density at radius 2 is 1.31 bits per heavy atom. The van der Waals surface area contributed by atoms with E-state index < -0.39 is 4.70 Å². The number of carbonyl (C=O) groups excluding carboxylic acids is 1. The molecule has 0 aromatic rings. The summed E-state index contributed by atoms with van der Waals surface area (Å²) in [6.45, 7) is 0. The third kappa shape index (κ3) is 18.9. The standard InChI is InChI=1S/C8H12.CCl2O.Co/c1-2-4-6-8-7-5-3-1;2-1(3)4;/h1-4H,5-8H2;;/b3-1-,4-2-;;. The topological polar surface area (TPSA) is 17.1 Å². The molecule has 1 rings (SSSR count). The molecule has 77 valence electrons. The van der Waals surface area contributed by atoms with Crippen molar-refractivity contribution in [1.82, 2.24) is 0 Å². The Bertz CT molecular complexity index is 160. The van der Waals surface area contributed by atoms with E-state index in [1.807, 2.05) is 0 Å². The van der Waals surface area contributed by atoms with E-state index >= 15 is 0 Å².